The molecule has 2 aliphatic rings. The molecule has 1 unspecified atom stereocenters. The van der Waals surface area contributed by atoms with Gasteiger partial charge in [0.1, 0.15) is 0 Å². The molecule has 3 N–H and O–H groups in total. The number of aliphatic hydroxyl groups is 1. The Morgan fingerprint density at radius 2 is 2.15 bits per heavy atom. The Morgan fingerprint density at radius 1 is 1.42 bits per heavy atom. The van der Waals surface area contributed by atoms with Gasteiger partial charge < -0.3 is 15.7 Å². The molecule has 1 saturated heterocycles. The number of hydrogen-bond donors (Lipinski definition) is 2. The minimum Gasteiger partial charge on any atom is -0.397 e. The quantitative estimate of drug-likeness (QED) is 0.778. The molecule has 26 heavy (non-hydrogen) atoms. The smallest absolute Gasteiger partial charge is 0.254 e. The van der Waals surface area contributed by atoms with E-state index < -0.39 is 5.60 Å². The molecule has 3 rings (SSSR count). The highest BCUT2D eigenvalue weighted by molar-refractivity contribution is 5.82. The van der Waals surface area contributed by atoms with E-state index in [4.69, 9.17) is 5.73 Å². The van der Waals surface area contributed by atoms with Crippen molar-refractivity contribution >= 4 is 11.9 Å². The molecule has 2 fully saturated rings. The van der Waals surface area contributed by atoms with Crippen molar-refractivity contribution in [3.63, 3.8) is 0 Å². The second kappa shape index (κ2) is 7.32. The van der Waals surface area contributed by atoms with E-state index in [1.807, 2.05) is 0 Å². The van der Waals surface area contributed by atoms with Gasteiger partial charge >= 0.3 is 0 Å². The van der Waals surface area contributed by atoms with Crippen LogP contribution in [-0.4, -0.2) is 58.6 Å². The van der Waals surface area contributed by atoms with E-state index in [1.165, 1.54) is 17.0 Å². The number of piperidine rings is 1. The van der Waals surface area contributed by atoms with Crippen molar-refractivity contribution in [2.75, 3.05) is 27.2 Å². The van der Waals surface area contributed by atoms with Gasteiger partial charge in [0.2, 0.25) is 0 Å². The van der Waals surface area contributed by atoms with E-state index in [-0.39, 0.29) is 17.5 Å². The number of nitrogens with zero attached hydrogens (tertiary/aromatic N) is 4. The van der Waals surface area contributed by atoms with Crippen molar-refractivity contribution in [3.8, 4) is 0 Å². The molecule has 0 aromatic carbocycles. The molecule has 142 valence electrons. The molecule has 7 heteroatoms. The molecule has 7 nitrogen and oxygen atoms in total. The van der Waals surface area contributed by atoms with Gasteiger partial charge in [-0.15, -0.1) is 0 Å². The number of likely N-dealkylation sites (tertiary alicyclic amines) is 1. The molecule has 0 radical (unpaired) electrons. The van der Waals surface area contributed by atoms with Gasteiger partial charge in [-0.25, -0.2) is 4.98 Å². The molecule has 1 saturated carbocycles. The summed E-state index contributed by atoms with van der Waals surface area (Å²) in [6, 6.07) is 1.43. The summed E-state index contributed by atoms with van der Waals surface area (Å²) < 4.78 is 1.52. The summed E-state index contributed by atoms with van der Waals surface area (Å²) in [7, 11) is 3.76. The molecular formula is C19H29N5O2. The second-order valence-electron chi connectivity index (χ2n) is 7.78. The third kappa shape index (κ3) is 3.46. The summed E-state index contributed by atoms with van der Waals surface area (Å²) in [5, 5.41) is 11.5. The maximum absolute atomic E-state index is 12.6. The van der Waals surface area contributed by atoms with Crippen molar-refractivity contribution in [2.45, 2.75) is 44.2 Å². The first-order valence-electron chi connectivity index (χ1n) is 9.25. The average Bonchev–Trinajstić information content (AvgIpc) is 3.08. The van der Waals surface area contributed by atoms with Gasteiger partial charge in [0.25, 0.3) is 5.56 Å². The molecule has 1 aliphatic carbocycles. The highest BCUT2D eigenvalue weighted by Gasteiger charge is 2.54. The molecular weight excluding hydrogens is 330 g/mol. The van der Waals surface area contributed by atoms with E-state index in [0.717, 1.165) is 38.8 Å². The Hall–Kier alpha value is -1.99. The normalized spacial score (nSPS) is 26.8. The van der Waals surface area contributed by atoms with Crippen molar-refractivity contribution in [2.24, 2.45) is 16.1 Å². The topological polar surface area (TPSA) is 96.7 Å². The first kappa shape index (κ1) is 18.8. The van der Waals surface area contributed by atoms with Gasteiger partial charge in [0.05, 0.1) is 29.9 Å². The fourth-order valence-electron chi connectivity index (χ4n) is 4.53. The maximum Gasteiger partial charge on any atom is 0.254 e. The summed E-state index contributed by atoms with van der Waals surface area (Å²) in [6.45, 7) is 2.01. The van der Waals surface area contributed by atoms with Crippen LogP contribution in [0, 0.1) is 5.41 Å². The Kier molecular flexibility index (Phi) is 5.29. The van der Waals surface area contributed by atoms with Crippen LogP contribution in [0.2, 0.25) is 0 Å². The van der Waals surface area contributed by atoms with Gasteiger partial charge in [-0.3, -0.25) is 14.4 Å². The lowest BCUT2D eigenvalue weighted by Gasteiger charge is -2.51. The van der Waals surface area contributed by atoms with Crippen molar-refractivity contribution in [1.29, 1.82) is 0 Å². The van der Waals surface area contributed by atoms with Crippen LogP contribution in [-0.2, 0) is 6.54 Å². The zero-order valence-electron chi connectivity index (χ0n) is 15.7. The summed E-state index contributed by atoms with van der Waals surface area (Å²) in [4.78, 5) is 23.0. The molecule has 1 atom stereocenters. The summed E-state index contributed by atoms with van der Waals surface area (Å²) in [5.41, 5.74) is 5.55. The van der Waals surface area contributed by atoms with Crippen LogP contribution in [0.15, 0.2) is 28.3 Å². The fraction of sp³-hybridized carbons (Fsp3) is 0.632. The lowest BCUT2D eigenvalue weighted by Crippen LogP contribution is -2.60. The third-order valence-corrected chi connectivity index (χ3v) is 6.04. The predicted molar refractivity (Wildman–Crippen MR) is 103 cm³/mol. The molecule has 0 amide bonds. The fourth-order valence-corrected chi connectivity index (χ4v) is 4.53. The van der Waals surface area contributed by atoms with Gasteiger partial charge in [-0.2, -0.15) is 0 Å². The number of aromatic nitrogens is 2. The second-order valence-corrected chi connectivity index (χ2v) is 7.78. The van der Waals surface area contributed by atoms with Crippen LogP contribution in [0.25, 0.3) is 5.70 Å². The first-order valence-corrected chi connectivity index (χ1v) is 9.25. The van der Waals surface area contributed by atoms with Gasteiger partial charge in [-0.05, 0) is 32.4 Å². The Labute approximate surface area is 154 Å². The number of rotatable bonds is 4. The van der Waals surface area contributed by atoms with Crippen LogP contribution < -0.4 is 11.3 Å². The van der Waals surface area contributed by atoms with Crippen molar-refractivity contribution in [1.82, 2.24) is 14.5 Å². The van der Waals surface area contributed by atoms with E-state index in [1.54, 1.807) is 19.3 Å². The maximum atomic E-state index is 12.6. The van der Waals surface area contributed by atoms with Gasteiger partial charge in [0, 0.05) is 37.8 Å². The lowest BCUT2D eigenvalue weighted by molar-refractivity contribution is -0.139. The van der Waals surface area contributed by atoms with Crippen LogP contribution in [0.1, 0.15) is 37.8 Å². The lowest BCUT2D eigenvalue weighted by atomic mass is 9.66. The van der Waals surface area contributed by atoms with E-state index in [2.05, 4.69) is 21.9 Å². The van der Waals surface area contributed by atoms with Gasteiger partial charge in [-0.1, -0.05) is 12.8 Å². The SMILES string of the molecule is CN=C/C=C(\N)c1cc(=O)n(CC2(O)CCN(C)CC23CCCC3)cn1. The zero-order valence-corrected chi connectivity index (χ0v) is 15.7. The average molecular weight is 359 g/mol. The number of allylic oxidation sites excluding steroid dienone is 1. The number of hydrogen-bond acceptors (Lipinski definition) is 6. The predicted octanol–water partition coefficient (Wildman–Crippen LogP) is 0.870. The Morgan fingerprint density at radius 3 is 2.81 bits per heavy atom. The van der Waals surface area contributed by atoms with Crippen LogP contribution in [0.5, 0.6) is 0 Å². The number of aliphatic imine (C=N–C) groups is 1. The summed E-state index contributed by atoms with van der Waals surface area (Å²) >= 11 is 0. The molecule has 1 aromatic heterocycles. The molecule has 0 bridgehead atoms. The zero-order chi connectivity index (χ0) is 18.8. The van der Waals surface area contributed by atoms with Gasteiger partial charge in [0.15, 0.2) is 0 Å². The van der Waals surface area contributed by atoms with Crippen LogP contribution in [0.4, 0.5) is 0 Å². The van der Waals surface area contributed by atoms with E-state index in [0.29, 0.717) is 17.8 Å². The highest BCUT2D eigenvalue weighted by atomic mass is 16.3. The minimum atomic E-state index is -0.876. The first-order chi connectivity index (χ1) is 12.4. The van der Waals surface area contributed by atoms with E-state index >= 15 is 0 Å². The molecule has 1 aromatic rings. The summed E-state index contributed by atoms with van der Waals surface area (Å²) in [6.07, 6.45) is 9.66. The van der Waals surface area contributed by atoms with Crippen LogP contribution >= 0.6 is 0 Å². The monoisotopic (exact) mass is 359 g/mol. The minimum absolute atomic E-state index is 0.130. The Bertz CT molecular complexity index is 763. The largest absolute Gasteiger partial charge is 0.397 e. The summed E-state index contributed by atoms with van der Waals surface area (Å²) in [5.74, 6) is 0. The van der Waals surface area contributed by atoms with Crippen LogP contribution in [0.3, 0.4) is 0 Å². The molecule has 1 aliphatic heterocycles. The molecule has 1 spiro atoms. The highest BCUT2D eigenvalue weighted by Crippen LogP contribution is 2.51. The Balaban J connectivity index is 1.87. The standard InChI is InChI=1S/C19H29N5O2/c1-21-9-5-15(20)16-11-17(25)24(14-22-16)13-19(26)8-10-23(2)12-18(19)6-3-4-7-18/h5,9,11,14,26H,3-4,6-8,10,12-13,20H2,1-2H3/b15-5-,21-9?. The van der Waals surface area contributed by atoms with Crippen molar-refractivity contribution in [3.05, 3.63) is 34.5 Å². The number of nitrogens with two attached hydrogens (primary N) is 1. The third-order valence-electron chi connectivity index (χ3n) is 6.04. The molecule has 2 heterocycles. The van der Waals surface area contributed by atoms with E-state index in [9.17, 15) is 9.90 Å². The van der Waals surface area contributed by atoms with Crippen molar-refractivity contribution < 1.29 is 5.11 Å².